The van der Waals surface area contributed by atoms with Crippen LogP contribution in [0.25, 0.3) is 0 Å². The maximum atomic E-state index is 13.1. The average molecular weight is 310 g/mol. The summed E-state index contributed by atoms with van der Waals surface area (Å²) < 4.78 is 73.7. The number of nitriles is 1. The highest BCUT2D eigenvalue weighted by Crippen LogP contribution is 2.22. The van der Waals surface area contributed by atoms with Crippen LogP contribution in [0.2, 0.25) is 0 Å². The number of hydrogen-bond acceptors (Lipinski definition) is 3. The van der Waals surface area contributed by atoms with E-state index >= 15 is 0 Å². The molecule has 1 aromatic carbocycles. The van der Waals surface area contributed by atoms with Crippen LogP contribution < -0.4 is 0 Å². The summed E-state index contributed by atoms with van der Waals surface area (Å²) in [6.07, 6.45) is -5.78. The third-order valence-electron chi connectivity index (χ3n) is 2.48. The van der Waals surface area contributed by atoms with Gasteiger partial charge in [0.15, 0.2) is 0 Å². The molecule has 0 unspecified atom stereocenters. The standard InChI is InChI=1S/C11H10F4N2O2S/c1-17(5-4-11(13,14)15)20(18,19)9-2-3-10(12)8(6-9)7-16/h2-3,6H,4-5H2,1H3. The van der Waals surface area contributed by atoms with Crippen molar-refractivity contribution in [1.29, 1.82) is 5.26 Å². The van der Waals surface area contributed by atoms with Gasteiger partial charge in [-0.05, 0) is 18.2 Å². The van der Waals surface area contributed by atoms with E-state index in [2.05, 4.69) is 0 Å². The molecular formula is C11H10F4N2O2S. The van der Waals surface area contributed by atoms with E-state index in [1.807, 2.05) is 0 Å². The second-order valence-corrected chi connectivity index (χ2v) is 5.99. The lowest BCUT2D eigenvalue weighted by molar-refractivity contribution is -0.135. The van der Waals surface area contributed by atoms with Gasteiger partial charge in [-0.15, -0.1) is 0 Å². The Bertz CT molecular complexity index is 635. The Kier molecular flexibility index (Phi) is 4.73. The van der Waals surface area contributed by atoms with Crippen LogP contribution in [-0.2, 0) is 10.0 Å². The molecule has 0 heterocycles. The third kappa shape index (κ3) is 3.91. The van der Waals surface area contributed by atoms with Crippen LogP contribution in [0.3, 0.4) is 0 Å². The third-order valence-corrected chi connectivity index (χ3v) is 4.33. The molecule has 20 heavy (non-hydrogen) atoms. The molecule has 0 aliphatic rings. The van der Waals surface area contributed by atoms with Crippen molar-refractivity contribution in [3.05, 3.63) is 29.6 Å². The molecule has 0 aliphatic carbocycles. The fraction of sp³-hybridized carbons (Fsp3) is 0.364. The Morgan fingerprint density at radius 1 is 1.35 bits per heavy atom. The zero-order chi connectivity index (χ0) is 15.6. The highest BCUT2D eigenvalue weighted by molar-refractivity contribution is 7.89. The molecule has 0 saturated heterocycles. The summed E-state index contributed by atoms with van der Waals surface area (Å²) in [5.41, 5.74) is -0.490. The molecule has 0 aromatic heterocycles. The van der Waals surface area contributed by atoms with Crippen molar-refractivity contribution in [2.24, 2.45) is 0 Å². The van der Waals surface area contributed by atoms with Crippen molar-refractivity contribution >= 4 is 10.0 Å². The maximum absolute atomic E-state index is 13.1. The van der Waals surface area contributed by atoms with Crippen molar-refractivity contribution in [3.63, 3.8) is 0 Å². The molecule has 0 atom stereocenters. The van der Waals surface area contributed by atoms with Crippen molar-refractivity contribution in [2.75, 3.05) is 13.6 Å². The first-order valence-electron chi connectivity index (χ1n) is 5.30. The molecule has 0 aliphatic heterocycles. The van der Waals surface area contributed by atoms with Crippen LogP contribution in [0.15, 0.2) is 23.1 Å². The Balaban J connectivity index is 3.02. The monoisotopic (exact) mass is 310 g/mol. The van der Waals surface area contributed by atoms with Gasteiger partial charge in [0.1, 0.15) is 11.9 Å². The molecule has 4 nitrogen and oxygen atoms in total. The second kappa shape index (κ2) is 5.76. The molecule has 0 spiro atoms. The number of nitrogens with zero attached hydrogens (tertiary/aromatic N) is 2. The quantitative estimate of drug-likeness (QED) is 0.802. The van der Waals surface area contributed by atoms with Gasteiger partial charge >= 0.3 is 6.18 Å². The Labute approximate surface area is 113 Å². The summed E-state index contributed by atoms with van der Waals surface area (Å²) in [7, 11) is -3.21. The van der Waals surface area contributed by atoms with Crippen LogP contribution in [0, 0.1) is 17.1 Å². The minimum atomic E-state index is -4.48. The highest BCUT2D eigenvalue weighted by atomic mass is 32.2. The number of sulfonamides is 1. The molecule has 1 rings (SSSR count). The SMILES string of the molecule is CN(CCC(F)(F)F)S(=O)(=O)c1ccc(F)c(C#N)c1. The molecular weight excluding hydrogens is 300 g/mol. The van der Waals surface area contributed by atoms with Crippen LogP contribution in [-0.4, -0.2) is 32.5 Å². The lowest BCUT2D eigenvalue weighted by Gasteiger charge is -2.18. The normalized spacial score (nSPS) is 12.4. The highest BCUT2D eigenvalue weighted by Gasteiger charge is 2.30. The first kappa shape index (κ1) is 16.4. The molecule has 0 amide bonds. The number of benzene rings is 1. The summed E-state index contributed by atoms with van der Waals surface area (Å²) in [6.45, 7) is -0.759. The Morgan fingerprint density at radius 3 is 2.45 bits per heavy atom. The van der Waals surface area contributed by atoms with Crippen molar-refractivity contribution in [2.45, 2.75) is 17.5 Å². The Hall–Kier alpha value is -1.66. The van der Waals surface area contributed by atoms with E-state index < -0.39 is 45.4 Å². The zero-order valence-electron chi connectivity index (χ0n) is 10.3. The molecule has 0 fully saturated rings. The van der Waals surface area contributed by atoms with Gasteiger partial charge in [-0.2, -0.15) is 18.4 Å². The molecule has 0 N–H and O–H groups in total. The van der Waals surface area contributed by atoms with Gasteiger partial charge in [-0.25, -0.2) is 17.1 Å². The van der Waals surface area contributed by atoms with Crippen molar-refractivity contribution in [1.82, 2.24) is 4.31 Å². The fourth-order valence-corrected chi connectivity index (χ4v) is 2.53. The van der Waals surface area contributed by atoms with Gasteiger partial charge in [0.25, 0.3) is 0 Å². The lowest BCUT2D eigenvalue weighted by atomic mass is 10.2. The fourth-order valence-electron chi connectivity index (χ4n) is 1.33. The average Bonchev–Trinajstić information content (AvgIpc) is 2.35. The zero-order valence-corrected chi connectivity index (χ0v) is 11.1. The van der Waals surface area contributed by atoms with Gasteiger partial charge in [0.2, 0.25) is 10.0 Å². The lowest BCUT2D eigenvalue weighted by Crippen LogP contribution is -2.30. The number of alkyl halides is 3. The van der Waals surface area contributed by atoms with Crippen LogP contribution >= 0.6 is 0 Å². The summed E-state index contributed by atoms with van der Waals surface area (Å²) in [6, 6.07) is 3.93. The second-order valence-electron chi connectivity index (χ2n) is 3.95. The van der Waals surface area contributed by atoms with E-state index in [9.17, 15) is 26.0 Å². The first-order chi connectivity index (χ1) is 9.08. The molecule has 0 radical (unpaired) electrons. The van der Waals surface area contributed by atoms with Crippen molar-refractivity contribution in [3.8, 4) is 6.07 Å². The summed E-state index contributed by atoms with van der Waals surface area (Å²) in [5, 5.41) is 8.61. The van der Waals surface area contributed by atoms with Crippen LogP contribution in [0.1, 0.15) is 12.0 Å². The molecule has 1 aromatic rings. The van der Waals surface area contributed by atoms with E-state index in [1.54, 1.807) is 0 Å². The largest absolute Gasteiger partial charge is 0.390 e. The van der Waals surface area contributed by atoms with Crippen LogP contribution in [0.5, 0.6) is 0 Å². The predicted molar refractivity (Wildman–Crippen MR) is 61.6 cm³/mol. The van der Waals surface area contributed by atoms with E-state index in [0.29, 0.717) is 4.31 Å². The predicted octanol–water partition coefficient (Wildman–Crippen LogP) is 2.27. The van der Waals surface area contributed by atoms with Gasteiger partial charge in [-0.3, -0.25) is 0 Å². The van der Waals surface area contributed by atoms with E-state index in [4.69, 9.17) is 5.26 Å². The topological polar surface area (TPSA) is 61.2 Å². The van der Waals surface area contributed by atoms with Gasteiger partial charge < -0.3 is 0 Å². The summed E-state index contributed by atoms with van der Waals surface area (Å²) in [4.78, 5) is -0.430. The molecule has 110 valence electrons. The van der Waals surface area contributed by atoms with Gasteiger partial charge in [0.05, 0.1) is 16.9 Å². The maximum Gasteiger partial charge on any atom is 0.390 e. The van der Waals surface area contributed by atoms with E-state index in [1.165, 1.54) is 6.07 Å². The van der Waals surface area contributed by atoms with Gasteiger partial charge in [0, 0.05) is 13.6 Å². The smallest absolute Gasteiger partial charge is 0.207 e. The summed E-state index contributed by atoms with van der Waals surface area (Å²) >= 11 is 0. The van der Waals surface area contributed by atoms with Crippen LogP contribution in [0.4, 0.5) is 17.6 Å². The molecule has 9 heteroatoms. The number of rotatable bonds is 4. The minimum absolute atomic E-state index is 0.430. The van der Waals surface area contributed by atoms with Crippen molar-refractivity contribution < 1.29 is 26.0 Å². The molecule has 0 saturated carbocycles. The Morgan fingerprint density at radius 2 is 1.95 bits per heavy atom. The minimum Gasteiger partial charge on any atom is -0.207 e. The van der Waals surface area contributed by atoms with Gasteiger partial charge in [-0.1, -0.05) is 0 Å². The summed E-state index contributed by atoms with van der Waals surface area (Å²) in [5.74, 6) is -0.899. The first-order valence-corrected chi connectivity index (χ1v) is 6.74. The van der Waals surface area contributed by atoms with E-state index in [-0.39, 0.29) is 0 Å². The number of halogens is 4. The van der Waals surface area contributed by atoms with E-state index in [0.717, 1.165) is 25.2 Å². The molecule has 0 bridgehead atoms. The number of hydrogen-bond donors (Lipinski definition) is 0.